The summed E-state index contributed by atoms with van der Waals surface area (Å²) < 4.78 is 4.64. The van der Waals surface area contributed by atoms with E-state index in [4.69, 9.17) is 0 Å². The normalized spacial score (nSPS) is 10.6. The summed E-state index contributed by atoms with van der Waals surface area (Å²) in [6.07, 6.45) is 0. The fraction of sp³-hybridized carbons (Fsp3) is 0. The Morgan fingerprint density at radius 3 is 0.895 bits per heavy atom. The first kappa shape index (κ1) is 12.6. The third-order valence-electron chi connectivity index (χ3n) is 3.19. The Hall–Kier alpha value is -1.46. The summed E-state index contributed by atoms with van der Waals surface area (Å²) in [6, 6.07) is 33.0. The van der Waals surface area contributed by atoms with Gasteiger partial charge in [-0.1, -0.05) is 0 Å². The number of benzene rings is 3. The van der Waals surface area contributed by atoms with E-state index in [0.717, 1.165) is 0 Å². The Morgan fingerprint density at radius 2 is 0.632 bits per heavy atom. The molecule has 19 heavy (non-hydrogen) atoms. The zero-order chi connectivity index (χ0) is 12.9. The molecule has 3 aromatic carbocycles. The first-order chi connectivity index (χ1) is 9.45. The molecule has 0 saturated carbocycles. The zero-order valence-electron chi connectivity index (χ0n) is 10.7. The summed E-state index contributed by atoms with van der Waals surface area (Å²) in [5.41, 5.74) is 0. The standard InChI is InChI=1S/3C6H5.Bi.H/c3*1-2-4-6-5-3-1;;/h3*1-5H;;. The van der Waals surface area contributed by atoms with E-state index in [2.05, 4.69) is 91.0 Å². The minimum absolute atomic E-state index is 1.55. The van der Waals surface area contributed by atoms with Gasteiger partial charge in [0.2, 0.25) is 0 Å². The molecule has 0 aromatic heterocycles. The molecule has 0 fully saturated rings. The van der Waals surface area contributed by atoms with Gasteiger partial charge in [-0.3, -0.25) is 0 Å². The first-order valence-electron chi connectivity index (χ1n) is 6.48. The Labute approximate surface area is 122 Å². The van der Waals surface area contributed by atoms with Gasteiger partial charge in [-0.2, -0.15) is 0 Å². The van der Waals surface area contributed by atoms with Gasteiger partial charge in [-0.05, 0) is 0 Å². The molecule has 0 saturated heterocycles. The van der Waals surface area contributed by atoms with E-state index in [9.17, 15) is 0 Å². The van der Waals surface area contributed by atoms with Gasteiger partial charge in [0, 0.05) is 0 Å². The summed E-state index contributed by atoms with van der Waals surface area (Å²) >= 11 is -2.17. The van der Waals surface area contributed by atoms with Crippen LogP contribution in [0.25, 0.3) is 0 Å². The molecule has 0 unspecified atom stereocenters. The predicted octanol–water partition coefficient (Wildman–Crippen LogP) is 1.94. The maximum absolute atomic E-state index is 2.29. The summed E-state index contributed by atoms with van der Waals surface area (Å²) in [5.74, 6) is 0. The van der Waals surface area contributed by atoms with Crippen molar-refractivity contribution >= 4 is 31.6 Å². The van der Waals surface area contributed by atoms with E-state index < -0.39 is 21.8 Å². The second kappa shape index (κ2) is 6.13. The van der Waals surface area contributed by atoms with Gasteiger partial charge in [0.05, 0.1) is 0 Å². The van der Waals surface area contributed by atoms with Crippen LogP contribution in [0, 0.1) is 0 Å². The molecule has 0 N–H and O–H groups in total. The molecule has 93 valence electrons. The number of hydrogen-bond donors (Lipinski definition) is 0. The van der Waals surface area contributed by atoms with Gasteiger partial charge >= 0.3 is 123 Å². The number of rotatable bonds is 3. The Morgan fingerprint density at radius 1 is 0.368 bits per heavy atom. The van der Waals surface area contributed by atoms with Crippen LogP contribution in [0.5, 0.6) is 0 Å². The van der Waals surface area contributed by atoms with Crippen molar-refractivity contribution in [3.05, 3.63) is 91.0 Å². The fourth-order valence-electron chi connectivity index (χ4n) is 2.31. The summed E-state index contributed by atoms with van der Waals surface area (Å²) in [4.78, 5) is 0. The molecule has 3 rings (SSSR count). The summed E-state index contributed by atoms with van der Waals surface area (Å²) in [6.45, 7) is 0. The van der Waals surface area contributed by atoms with Gasteiger partial charge in [-0.15, -0.1) is 0 Å². The van der Waals surface area contributed by atoms with Crippen molar-refractivity contribution < 1.29 is 0 Å². The van der Waals surface area contributed by atoms with Gasteiger partial charge in [0.25, 0.3) is 0 Å². The molecule has 1 radical (unpaired) electrons. The molecule has 0 heterocycles. The van der Waals surface area contributed by atoms with Crippen LogP contribution in [0.1, 0.15) is 0 Å². The Bertz CT molecular complexity index is 524. The van der Waals surface area contributed by atoms with Crippen LogP contribution in [0.4, 0.5) is 0 Å². The average Bonchev–Trinajstić information content (AvgIpc) is 2.51. The van der Waals surface area contributed by atoms with E-state index in [-0.39, 0.29) is 0 Å². The monoisotopic (exact) mass is 441 g/mol. The van der Waals surface area contributed by atoms with Crippen LogP contribution in [-0.2, 0) is 0 Å². The fourth-order valence-corrected chi connectivity index (χ4v) is 12.3. The van der Waals surface area contributed by atoms with Gasteiger partial charge in [-0.25, -0.2) is 0 Å². The second-order valence-electron chi connectivity index (χ2n) is 4.47. The van der Waals surface area contributed by atoms with Crippen molar-refractivity contribution in [2.75, 3.05) is 0 Å². The van der Waals surface area contributed by atoms with Crippen LogP contribution in [-0.4, -0.2) is 21.8 Å². The van der Waals surface area contributed by atoms with Gasteiger partial charge in [0.1, 0.15) is 0 Å². The topological polar surface area (TPSA) is 0 Å². The van der Waals surface area contributed by atoms with E-state index in [1.807, 2.05) is 0 Å². The summed E-state index contributed by atoms with van der Waals surface area (Å²) in [7, 11) is 0. The van der Waals surface area contributed by atoms with Crippen molar-refractivity contribution in [3.8, 4) is 0 Å². The molecular formula is C18H16Bi. The van der Waals surface area contributed by atoms with Crippen molar-refractivity contribution in [1.29, 1.82) is 0 Å². The molecule has 0 aliphatic heterocycles. The van der Waals surface area contributed by atoms with Crippen LogP contribution < -0.4 is 9.81 Å². The first-order valence-corrected chi connectivity index (χ1v) is 12.3. The Kier molecular flexibility index (Phi) is 4.05. The maximum atomic E-state index is 2.29. The molecular weight excluding hydrogens is 425 g/mol. The van der Waals surface area contributed by atoms with Crippen LogP contribution in [0.3, 0.4) is 0 Å². The third-order valence-corrected chi connectivity index (χ3v) is 13.8. The van der Waals surface area contributed by atoms with Crippen molar-refractivity contribution in [3.63, 3.8) is 0 Å². The van der Waals surface area contributed by atoms with Crippen LogP contribution in [0.15, 0.2) is 91.0 Å². The van der Waals surface area contributed by atoms with Crippen LogP contribution in [0.2, 0.25) is 0 Å². The second-order valence-corrected chi connectivity index (χ2v) is 14.1. The van der Waals surface area contributed by atoms with E-state index in [0.29, 0.717) is 0 Å². The molecule has 0 bridgehead atoms. The van der Waals surface area contributed by atoms with Crippen molar-refractivity contribution in [2.45, 2.75) is 0 Å². The van der Waals surface area contributed by atoms with E-state index in [1.165, 1.54) is 0 Å². The van der Waals surface area contributed by atoms with Crippen molar-refractivity contribution in [1.82, 2.24) is 0 Å². The molecule has 0 spiro atoms. The van der Waals surface area contributed by atoms with Crippen molar-refractivity contribution in [2.24, 2.45) is 0 Å². The van der Waals surface area contributed by atoms with Crippen LogP contribution >= 0.6 is 0 Å². The molecule has 0 atom stereocenters. The molecule has 0 amide bonds. The van der Waals surface area contributed by atoms with Gasteiger partial charge in [0.15, 0.2) is 0 Å². The predicted molar refractivity (Wildman–Crippen MR) is 85.4 cm³/mol. The Balaban J connectivity index is 2.12. The third kappa shape index (κ3) is 2.93. The molecule has 0 aliphatic rings. The summed E-state index contributed by atoms with van der Waals surface area (Å²) in [5, 5.41) is 0. The molecule has 0 nitrogen and oxygen atoms in total. The minimum atomic E-state index is -2.17. The molecule has 1 heteroatoms. The molecule has 3 aromatic rings. The SMILES string of the molecule is c1cc[c]([BiH]([c]2ccccc2)[c]2ccccc2)cc1. The number of hydrogen-bond acceptors (Lipinski definition) is 0. The zero-order valence-corrected chi connectivity index (χ0v) is 14.5. The van der Waals surface area contributed by atoms with E-state index in [1.54, 1.807) is 9.81 Å². The molecule has 0 aliphatic carbocycles. The average molecular weight is 441 g/mol. The quantitative estimate of drug-likeness (QED) is 0.546. The van der Waals surface area contributed by atoms with Gasteiger partial charge < -0.3 is 0 Å². The van der Waals surface area contributed by atoms with E-state index >= 15 is 0 Å².